The maximum atomic E-state index is 6.06. The molecule has 1 aromatic rings. The third-order valence-electron chi connectivity index (χ3n) is 4.01. The maximum Gasteiger partial charge on any atom is 0.122 e. The van der Waals surface area contributed by atoms with Crippen molar-refractivity contribution in [1.29, 1.82) is 0 Å². The van der Waals surface area contributed by atoms with Crippen LogP contribution in [-0.4, -0.2) is 63.2 Å². The molecule has 0 aliphatic heterocycles. The second-order valence-corrected chi connectivity index (χ2v) is 5.91. The zero-order chi connectivity index (χ0) is 15.2. The lowest BCUT2D eigenvalue weighted by molar-refractivity contribution is 0.132. The molecule has 0 heterocycles. The van der Waals surface area contributed by atoms with Crippen molar-refractivity contribution in [3.05, 3.63) is 29.8 Å². The zero-order valence-electron chi connectivity index (χ0n) is 13.5. The number of hydrogen-bond donors (Lipinski definition) is 1. The molecule has 0 radical (unpaired) electrons. The average molecular weight is 279 g/mol. The predicted octanol–water partition coefficient (Wildman–Crippen LogP) is 1.45. The van der Waals surface area contributed by atoms with Crippen LogP contribution in [-0.2, 0) is 6.42 Å². The van der Waals surface area contributed by atoms with Crippen LogP contribution in [0.1, 0.15) is 12.5 Å². The number of likely N-dealkylation sites (N-methyl/N-ethyl adjacent to an activating group) is 2. The Morgan fingerprint density at radius 3 is 2.35 bits per heavy atom. The van der Waals surface area contributed by atoms with Crippen LogP contribution in [0.15, 0.2) is 24.3 Å². The van der Waals surface area contributed by atoms with Gasteiger partial charge in [0.25, 0.3) is 0 Å². The summed E-state index contributed by atoms with van der Waals surface area (Å²) in [4.78, 5) is 4.54. The normalized spacial score (nSPS) is 14.6. The molecule has 0 aliphatic carbocycles. The first-order chi connectivity index (χ1) is 9.42. The van der Waals surface area contributed by atoms with Gasteiger partial charge in [0.2, 0.25) is 0 Å². The summed E-state index contributed by atoms with van der Waals surface area (Å²) in [5.41, 5.74) is 7.20. The van der Waals surface area contributed by atoms with E-state index in [9.17, 15) is 0 Å². The molecule has 4 heteroatoms. The first-order valence-electron chi connectivity index (χ1n) is 7.11. The van der Waals surface area contributed by atoms with Gasteiger partial charge >= 0.3 is 0 Å². The van der Waals surface area contributed by atoms with Crippen LogP contribution in [0.25, 0.3) is 0 Å². The van der Waals surface area contributed by atoms with Crippen molar-refractivity contribution in [3.8, 4) is 5.75 Å². The third kappa shape index (κ3) is 4.47. The largest absolute Gasteiger partial charge is 0.496 e. The highest BCUT2D eigenvalue weighted by molar-refractivity contribution is 5.34. The smallest absolute Gasteiger partial charge is 0.122 e. The molecule has 0 saturated carbocycles. The van der Waals surface area contributed by atoms with Crippen molar-refractivity contribution in [3.63, 3.8) is 0 Å². The van der Waals surface area contributed by atoms with E-state index in [1.54, 1.807) is 7.11 Å². The van der Waals surface area contributed by atoms with Crippen molar-refractivity contribution >= 4 is 0 Å². The van der Waals surface area contributed by atoms with E-state index in [2.05, 4.69) is 50.0 Å². The van der Waals surface area contributed by atoms with Crippen LogP contribution in [0.2, 0.25) is 0 Å². The van der Waals surface area contributed by atoms with Gasteiger partial charge in [0, 0.05) is 25.2 Å². The SMILES string of the molecule is COc1ccccc1CC(C)(CN)N(C)CCN(C)C. The zero-order valence-corrected chi connectivity index (χ0v) is 13.5. The Morgan fingerprint density at radius 2 is 1.80 bits per heavy atom. The molecule has 0 fully saturated rings. The Bertz CT molecular complexity index is 408. The Balaban J connectivity index is 2.82. The fraction of sp³-hybridized carbons (Fsp3) is 0.625. The maximum absolute atomic E-state index is 6.06. The summed E-state index contributed by atoms with van der Waals surface area (Å²) in [6, 6.07) is 8.17. The standard InChI is InChI=1S/C16H29N3O/c1-16(13-17,19(4)11-10-18(2)3)12-14-8-6-7-9-15(14)20-5/h6-9H,10-13,17H2,1-5H3. The van der Waals surface area contributed by atoms with E-state index in [4.69, 9.17) is 10.5 Å². The lowest BCUT2D eigenvalue weighted by Crippen LogP contribution is -2.53. The van der Waals surface area contributed by atoms with E-state index in [1.807, 2.05) is 12.1 Å². The van der Waals surface area contributed by atoms with Crippen molar-refractivity contribution in [1.82, 2.24) is 9.80 Å². The molecule has 2 N–H and O–H groups in total. The van der Waals surface area contributed by atoms with Crippen molar-refractivity contribution in [2.24, 2.45) is 5.73 Å². The van der Waals surface area contributed by atoms with Crippen LogP contribution in [0.3, 0.4) is 0 Å². The van der Waals surface area contributed by atoms with Gasteiger partial charge in [-0.25, -0.2) is 0 Å². The third-order valence-corrected chi connectivity index (χ3v) is 4.01. The van der Waals surface area contributed by atoms with E-state index < -0.39 is 0 Å². The Kier molecular flexibility index (Phi) is 6.46. The van der Waals surface area contributed by atoms with Crippen LogP contribution in [0, 0.1) is 0 Å². The molecule has 0 spiro atoms. The molecule has 1 unspecified atom stereocenters. The summed E-state index contributed by atoms with van der Waals surface area (Å²) < 4.78 is 5.45. The minimum absolute atomic E-state index is 0.0648. The number of ether oxygens (including phenoxy) is 1. The van der Waals surface area contributed by atoms with Gasteiger partial charge in [-0.15, -0.1) is 0 Å². The highest BCUT2D eigenvalue weighted by Crippen LogP contribution is 2.25. The molecule has 0 bridgehead atoms. The van der Waals surface area contributed by atoms with Gasteiger partial charge in [0.1, 0.15) is 5.75 Å². The molecule has 1 rings (SSSR count). The predicted molar refractivity (Wildman–Crippen MR) is 85.3 cm³/mol. The minimum atomic E-state index is -0.0648. The Morgan fingerprint density at radius 1 is 1.15 bits per heavy atom. The van der Waals surface area contributed by atoms with Gasteiger partial charge in [-0.1, -0.05) is 18.2 Å². The topological polar surface area (TPSA) is 41.7 Å². The number of nitrogens with zero attached hydrogens (tertiary/aromatic N) is 2. The fourth-order valence-electron chi connectivity index (χ4n) is 2.24. The molecular weight excluding hydrogens is 250 g/mol. The van der Waals surface area contributed by atoms with Crippen LogP contribution >= 0.6 is 0 Å². The van der Waals surface area contributed by atoms with E-state index in [0.717, 1.165) is 25.3 Å². The molecule has 0 aliphatic rings. The van der Waals surface area contributed by atoms with Gasteiger partial charge in [-0.3, -0.25) is 4.90 Å². The van der Waals surface area contributed by atoms with E-state index in [0.29, 0.717) is 6.54 Å². The molecule has 114 valence electrons. The van der Waals surface area contributed by atoms with Gasteiger partial charge in [-0.05, 0) is 46.1 Å². The fourth-order valence-corrected chi connectivity index (χ4v) is 2.24. The van der Waals surface area contributed by atoms with Gasteiger partial charge in [0.05, 0.1) is 7.11 Å². The number of para-hydroxylation sites is 1. The van der Waals surface area contributed by atoms with Crippen molar-refractivity contribution in [2.45, 2.75) is 18.9 Å². The lowest BCUT2D eigenvalue weighted by atomic mass is 9.90. The van der Waals surface area contributed by atoms with E-state index >= 15 is 0 Å². The molecule has 0 aromatic heterocycles. The second-order valence-electron chi connectivity index (χ2n) is 5.91. The molecular formula is C16H29N3O. The molecule has 20 heavy (non-hydrogen) atoms. The van der Waals surface area contributed by atoms with Gasteiger partial charge in [0.15, 0.2) is 0 Å². The number of hydrogen-bond acceptors (Lipinski definition) is 4. The molecule has 1 atom stereocenters. The van der Waals surface area contributed by atoms with Gasteiger partial charge in [-0.2, -0.15) is 0 Å². The van der Waals surface area contributed by atoms with Crippen molar-refractivity contribution < 1.29 is 4.74 Å². The monoisotopic (exact) mass is 279 g/mol. The lowest BCUT2D eigenvalue weighted by Gasteiger charge is -2.39. The summed E-state index contributed by atoms with van der Waals surface area (Å²) in [7, 11) is 8.04. The average Bonchev–Trinajstić information content (AvgIpc) is 2.45. The Labute approximate surface area is 123 Å². The minimum Gasteiger partial charge on any atom is -0.496 e. The van der Waals surface area contributed by atoms with Crippen LogP contribution in [0.5, 0.6) is 5.75 Å². The van der Waals surface area contributed by atoms with Crippen LogP contribution in [0.4, 0.5) is 0 Å². The summed E-state index contributed by atoms with van der Waals surface area (Å²) >= 11 is 0. The first kappa shape index (κ1) is 17.0. The number of rotatable bonds is 8. The Hall–Kier alpha value is -1.10. The molecule has 0 amide bonds. The highest BCUT2D eigenvalue weighted by Gasteiger charge is 2.28. The highest BCUT2D eigenvalue weighted by atomic mass is 16.5. The quantitative estimate of drug-likeness (QED) is 0.782. The first-order valence-corrected chi connectivity index (χ1v) is 7.11. The summed E-state index contributed by atoms with van der Waals surface area (Å²) in [5.74, 6) is 0.938. The number of benzene rings is 1. The van der Waals surface area contributed by atoms with Crippen molar-refractivity contribution in [2.75, 3.05) is 47.9 Å². The summed E-state index contributed by atoms with van der Waals surface area (Å²) in [6.45, 7) is 4.86. The molecule has 0 saturated heterocycles. The summed E-state index contributed by atoms with van der Waals surface area (Å²) in [6.07, 6.45) is 0.886. The molecule has 1 aromatic carbocycles. The molecule has 4 nitrogen and oxygen atoms in total. The second kappa shape index (κ2) is 7.62. The summed E-state index contributed by atoms with van der Waals surface area (Å²) in [5, 5.41) is 0. The number of methoxy groups -OCH3 is 1. The van der Waals surface area contributed by atoms with E-state index in [1.165, 1.54) is 5.56 Å². The van der Waals surface area contributed by atoms with Crippen LogP contribution < -0.4 is 10.5 Å². The van der Waals surface area contributed by atoms with Gasteiger partial charge < -0.3 is 15.4 Å². The van der Waals surface area contributed by atoms with E-state index in [-0.39, 0.29) is 5.54 Å². The number of nitrogens with two attached hydrogens (primary N) is 1.